The summed E-state index contributed by atoms with van der Waals surface area (Å²) in [5.41, 5.74) is 8.80. The van der Waals surface area contributed by atoms with E-state index in [4.69, 9.17) is 0 Å². The zero-order chi connectivity index (χ0) is 96.7. The molecule has 5 aliphatic rings. The Morgan fingerprint density at radius 1 is 0.261 bits per heavy atom. The van der Waals surface area contributed by atoms with Crippen molar-refractivity contribution in [1.29, 1.82) is 0 Å². The van der Waals surface area contributed by atoms with E-state index in [1.165, 1.54) is 4.90 Å². The number of amides is 20. The number of rotatable bonds is 21. The van der Waals surface area contributed by atoms with Gasteiger partial charge in [0.15, 0.2) is 5.78 Å². The third-order valence-corrected chi connectivity index (χ3v) is 23.8. The van der Waals surface area contributed by atoms with Gasteiger partial charge < -0.3 is 0 Å². The monoisotopic (exact) mass is 1830 g/mol. The van der Waals surface area contributed by atoms with Crippen LogP contribution in [0.2, 0.25) is 0 Å². The SMILES string of the molecule is CCN1C(=O)NC(=O)C(c2ccccc2)C1=O.O=C(CC(c1ccccc1)C1C(=O)N(c2ccccc2)C(=O)N(c2ccccc2)C1=O)c1ccccc1.O=C1C(C(c2ccccc2)c2ccccc2)C(=O)N(c2ccccc2)C(=O)N1c1ccccc1.O=C1NC(=O)C(c2ccccc2)C(=O)N1.O=C1NC(=O)N(C(c2ccccc2)c2ccccc2)C(=O)C1C(c1ccccc1)c1ccccc1. The van der Waals surface area contributed by atoms with Gasteiger partial charge in [-0.05, 0) is 106 Å². The fraction of sp³-hybridized carbons (Fsp3) is 0.107. The molecule has 684 valence electrons. The summed E-state index contributed by atoms with van der Waals surface area (Å²) in [7, 11) is 0. The number of hydrogen-bond acceptors (Lipinski definition) is 16. The zero-order valence-corrected chi connectivity index (χ0v) is 74.2. The summed E-state index contributed by atoms with van der Waals surface area (Å²) in [6.45, 7) is 1.94. The van der Waals surface area contributed by atoms with Crippen LogP contribution in [-0.4, -0.2) is 111 Å². The van der Waals surface area contributed by atoms with Crippen LogP contribution < -0.4 is 40.9 Å². The third kappa shape index (κ3) is 21.1. The summed E-state index contributed by atoms with van der Waals surface area (Å²) >= 11 is 0. The molecule has 0 radical (unpaired) electrons. The third-order valence-electron chi connectivity index (χ3n) is 23.8. The number of anilines is 4. The van der Waals surface area contributed by atoms with Crippen molar-refractivity contribution in [2.45, 2.75) is 49.0 Å². The highest BCUT2D eigenvalue weighted by atomic mass is 16.2. The first-order chi connectivity index (χ1) is 67.2. The number of carbonyl (C=O) groups excluding carboxylic acids is 16. The van der Waals surface area contributed by atoms with E-state index in [2.05, 4.69) is 10.6 Å². The van der Waals surface area contributed by atoms with Gasteiger partial charge in [-0.1, -0.05) is 376 Å². The Morgan fingerprint density at radius 3 is 0.862 bits per heavy atom. The fourth-order valence-corrected chi connectivity index (χ4v) is 17.3. The van der Waals surface area contributed by atoms with Crippen LogP contribution in [0.5, 0.6) is 0 Å². The predicted octanol–water partition coefficient (Wildman–Crippen LogP) is 17.8. The number of ketones is 1. The molecule has 138 heavy (non-hydrogen) atoms. The highest BCUT2D eigenvalue weighted by molar-refractivity contribution is 6.38. The first-order valence-corrected chi connectivity index (χ1v) is 44.4. The average Bonchev–Trinajstić information content (AvgIpc) is 0.743. The molecule has 26 heteroatoms. The lowest BCUT2D eigenvalue weighted by molar-refractivity contribution is -0.145. The second-order valence-corrected chi connectivity index (χ2v) is 32.2. The van der Waals surface area contributed by atoms with Crippen molar-refractivity contribution in [2.75, 3.05) is 26.1 Å². The van der Waals surface area contributed by atoms with Crippen LogP contribution in [0.1, 0.15) is 109 Å². The molecular weight excluding hydrogens is 1740 g/mol. The largest absolute Gasteiger partial charge is 0.342 e. The summed E-state index contributed by atoms with van der Waals surface area (Å²) in [5, 5.41) is 8.76. The summed E-state index contributed by atoms with van der Waals surface area (Å²) in [6, 6.07) is 122. The van der Waals surface area contributed by atoms with Crippen molar-refractivity contribution in [3.8, 4) is 0 Å². The molecule has 20 amide bonds. The van der Waals surface area contributed by atoms with Gasteiger partial charge in [0.05, 0.1) is 28.8 Å². The van der Waals surface area contributed by atoms with Crippen LogP contribution in [0.3, 0.4) is 0 Å². The molecule has 0 bridgehead atoms. The van der Waals surface area contributed by atoms with E-state index in [0.717, 1.165) is 57.9 Å². The van der Waals surface area contributed by atoms with Gasteiger partial charge in [-0.25, -0.2) is 43.6 Å². The molecule has 5 heterocycles. The maximum atomic E-state index is 14.2. The minimum Gasteiger partial charge on any atom is -0.294 e. The van der Waals surface area contributed by atoms with Gasteiger partial charge in [0.25, 0.3) is 0 Å². The van der Waals surface area contributed by atoms with Gasteiger partial charge >= 0.3 is 30.2 Å². The standard InChI is InChI=1S/C31H24N2O4.C30H24N2O3.C29H22N2O3.C12H12N2O3.C10H8N2O3/c34-27(23-15-7-2-8-16-23)21-26(22-13-5-1-6-14-22)28-29(35)32(24-17-9-3-10-18-24)31(37)33(30(28)36)25-19-11-4-12-20-25;33-28-26(25(21-13-5-1-6-14-21)22-15-7-2-8-16-22)29(34)32(30(35)31-28)27(23-17-9-3-10-18-23)24-19-11-4-12-20-24;32-27-26(25(21-13-5-1-6-14-21)22-15-7-2-8-16-22)28(33)31(24-19-11-4-12-20-24)29(34)30(27)23-17-9-3-10-18-23;1-2-14-11(16)9(10(15)13-12(14)17)8-6-4-3-5-7-8;13-8-7(6-4-2-1-3-5-6)9(14)12-10(15)11-8/h1-20,26,28H,21H2;1-20,25-27H,(H,31,33,35);1-20,25-26H;3-7,9H,2H2,1H3,(H,13,15,17);1-5,7H,(H2,11,12,13,14,15). The minimum absolute atomic E-state index is 0.0738. The number of Topliss-reactive ketones (excluding diaryl/α,β-unsaturated/α-hetero) is 1. The Bertz CT molecular complexity index is 6400. The minimum atomic E-state index is -1.28. The second kappa shape index (κ2) is 44.3. The number of barbiturate groups is 5. The number of hydrogen-bond donors (Lipinski definition) is 4. The van der Waals surface area contributed by atoms with E-state index in [-0.39, 0.29) is 18.7 Å². The number of carbonyl (C=O) groups is 16. The van der Waals surface area contributed by atoms with Gasteiger partial charge in [0.1, 0.15) is 29.6 Å². The molecular formula is C112H90N10O16. The average molecular weight is 1830 g/mol. The van der Waals surface area contributed by atoms with Gasteiger partial charge in [-0.2, -0.15) is 0 Å². The number of urea groups is 5. The Kier molecular flexibility index (Phi) is 30.4. The second-order valence-electron chi connectivity index (χ2n) is 32.2. The van der Waals surface area contributed by atoms with Crippen molar-refractivity contribution in [3.05, 3.63) is 480 Å². The van der Waals surface area contributed by atoms with Gasteiger partial charge in [0.2, 0.25) is 59.1 Å². The molecule has 5 fully saturated rings. The number of nitrogens with zero attached hydrogens (tertiary/aromatic N) is 6. The molecule has 26 nitrogen and oxygen atoms in total. The molecule has 14 aromatic carbocycles. The van der Waals surface area contributed by atoms with Crippen LogP contribution in [0.4, 0.5) is 46.7 Å². The van der Waals surface area contributed by atoms with Crippen molar-refractivity contribution in [2.24, 2.45) is 17.8 Å². The Balaban J connectivity index is 0.000000136. The quantitative estimate of drug-likeness (QED) is 0.0383. The lowest BCUT2D eigenvalue weighted by atomic mass is 9.78. The van der Waals surface area contributed by atoms with Gasteiger partial charge in [-0.3, -0.25) is 83.8 Å². The van der Waals surface area contributed by atoms with E-state index in [0.29, 0.717) is 45.0 Å². The predicted molar refractivity (Wildman–Crippen MR) is 517 cm³/mol. The smallest absolute Gasteiger partial charge is 0.294 e. The molecule has 5 saturated heterocycles. The van der Waals surface area contributed by atoms with E-state index < -0.39 is 143 Å². The lowest BCUT2D eigenvalue weighted by Gasteiger charge is -2.39. The number of benzene rings is 14. The highest BCUT2D eigenvalue weighted by Gasteiger charge is 2.54. The first-order valence-electron chi connectivity index (χ1n) is 44.4. The maximum Gasteiger partial charge on any atom is 0.342 e. The fourth-order valence-electron chi connectivity index (χ4n) is 17.3. The Labute approximate surface area is 794 Å². The molecule has 0 aliphatic carbocycles. The van der Waals surface area contributed by atoms with Gasteiger partial charge in [0, 0.05) is 36.3 Å². The topological polar surface area (TPSA) is 341 Å². The molecule has 0 spiro atoms. The molecule has 14 aromatic rings. The van der Waals surface area contributed by atoms with Crippen molar-refractivity contribution < 1.29 is 76.7 Å². The van der Waals surface area contributed by atoms with Crippen LogP contribution in [-0.2, 0) is 47.9 Å². The van der Waals surface area contributed by atoms with E-state index in [1.54, 1.807) is 213 Å². The number of likely N-dealkylation sites (N-methyl/N-ethyl adjacent to an activating group) is 1. The van der Waals surface area contributed by atoms with Crippen LogP contribution >= 0.6 is 0 Å². The molecule has 19 rings (SSSR count). The molecule has 0 saturated carbocycles. The zero-order valence-electron chi connectivity index (χ0n) is 74.2. The maximum absolute atomic E-state index is 14.2. The highest BCUT2D eigenvalue weighted by Crippen LogP contribution is 2.44. The number of para-hydroxylation sites is 4. The summed E-state index contributed by atoms with van der Waals surface area (Å²) in [6.07, 6.45) is -0.0738. The Hall–Kier alpha value is -18.2. The van der Waals surface area contributed by atoms with Crippen molar-refractivity contribution in [3.63, 3.8) is 0 Å². The molecule has 4 N–H and O–H groups in total. The van der Waals surface area contributed by atoms with Crippen molar-refractivity contribution in [1.82, 2.24) is 31.1 Å². The Morgan fingerprint density at radius 2 is 0.529 bits per heavy atom. The van der Waals surface area contributed by atoms with Crippen LogP contribution in [0.25, 0.3) is 0 Å². The summed E-state index contributed by atoms with van der Waals surface area (Å²) in [4.78, 5) is 213. The molecule has 3 unspecified atom stereocenters. The molecule has 3 atom stereocenters. The summed E-state index contributed by atoms with van der Waals surface area (Å²) in [5.74, 6) is -13.1. The number of imide groups is 10. The van der Waals surface area contributed by atoms with Crippen LogP contribution in [0, 0.1) is 17.8 Å². The van der Waals surface area contributed by atoms with Crippen LogP contribution in [0.15, 0.2) is 425 Å². The van der Waals surface area contributed by atoms with E-state index >= 15 is 0 Å². The van der Waals surface area contributed by atoms with Crippen molar-refractivity contribution >= 4 is 118 Å². The van der Waals surface area contributed by atoms with Gasteiger partial charge in [-0.15, -0.1) is 0 Å². The molecule has 0 aromatic heterocycles. The molecule has 5 aliphatic heterocycles. The van der Waals surface area contributed by atoms with E-state index in [9.17, 15) is 76.7 Å². The van der Waals surface area contributed by atoms with E-state index in [1.807, 2.05) is 229 Å². The normalized spacial score (nSPS) is 16.1. The lowest BCUT2D eigenvalue weighted by Crippen LogP contribution is -2.61. The summed E-state index contributed by atoms with van der Waals surface area (Å²) < 4.78 is 0. The first kappa shape index (κ1) is 94.4. The number of nitrogens with one attached hydrogen (secondary N) is 4.